The summed E-state index contributed by atoms with van der Waals surface area (Å²) in [6.07, 6.45) is 0.737. The minimum Gasteiger partial charge on any atom is -0.494 e. The van der Waals surface area contributed by atoms with Crippen LogP contribution in [-0.4, -0.2) is 25.0 Å². The van der Waals surface area contributed by atoms with E-state index in [1.807, 2.05) is 42.5 Å². The van der Waals surface area contributed by atoms with Crippen molar-refractivity contribution in [1.29, 1.82) is 0 Å². The Balaban J connectivity index is 1.67. The van der Waals surface area contributed by atoms with E-state index in [1.165, 1.54) is 6.92 Å². The SMILES string of the molecule is CC(=O)NCc1ccc(C(=O)NCCCOc2ccccc2)cc1. The lowest BCUT2D eigenvalue weighted by Crippen LogP contribution is -2.25. The summed E-state index contributed by atoms with van der Waals surface area (Å²) in [4.78, 5) is 22.9. The molecule has 2 aromatic carbocycles. The van der Waals surface area contributed by atoms with E-state index in [0.29, 0.717) is 25.3 Å². The van der Waals surface area contributed by atoms with Crippen LogP contribution in [0.2, 0.25) is 0 Å². The fraction of sp³-hybridized carbons (Fsp3) is 0.263. The fourth-order valence-corrected chi connectivity index (χ4v) is 2.08. The van der Waals surface area contributed by atoms with Crippen molar-refractivity contribution >= 4 is 11.8 Å². The summed E-state index contributed by atoms with van der Waals surface area (Å²) < 4.78 is 5.57. The van der Waals surface area contributed by atoms with Gasteiger partial charge in [-0.1, -0.05) is 30.3 Å². The van der Waals surface area contributed by atoms with Gasteiger partial charge in [-0.2, -0.15) is 0 Å². The lowest BCUT2D eigenvalue weighted by atomic mass is 10.1. The van der Waals surface area contributed by atoms with Gasteiger partial charge in [-0.05, 0) is 36.2 Å². The van der Waals surface area contributed by atoms with Crippen LogP contribution >= 0.6 is 0 Å². The van der Waals surface area contributed by atoms with Crippen molar-refractivity contribution in [3.05, 3.63) is 65.7 Å². The largest absolute Gasteiger partial charge is 0.494 e. The molecule has 0 aromatic heterocycles. The maximum atomic E-state index is 12.0. The van der Waals surface area contributed by atoms with Crippen LogP contribution in [-0.2, 0) is 11.3 Å². The van der Waals surface area contributed by atoms with Crippen molar-refractivity contribution in [2.24, 2.45) is 0 Å². The summed E-state index contributed by atoms with van der Waals surface area (Å²) in [7, 11) is 0. The van der Waals surface area contributed by atoms with Crippen molar-refractivity contribution in [2.75, 3.05) is 13.2 Å². The van der Waals surface area contributed by atoms with Crippen molar-refractivity contribution in [3.8, 4) is 5.75 Å². The van der Waals surface area contributed by atoms with Gasteiger partial charge in [0, 0.05) is 25.6 Å². The number of rotatable bonds is 8. The van der Waals surface area contributed by atoms with E-state index in [9.17, 15) is 9.59 Å². The van der Waals surface area contributed by atoms with Crippen LogP contribution in [0.1, 0.15) is 29.3 Å². The molecule has 0 atom stereocenters. The molecule has 5 heteroatoms. The quantitative estimate of drug-likeness (QED) is 0.733. The summed E-state index contributed by atoms with van der Waals surface area (Å²) in [6.45, 7) is 3.05. The van der Waals surface area contributed by atoms with E-state index in [-0.39, 0.29) is 11.8 Å². The maximum Gasteiger partial charge on any atom is 0.251 e. The lowest BCUT2D eigenvalue weighted by molar-refractivity contribution is -0.119. The van der Waals surface area contributed by atoms with Gasteiger partial charge in [-0.15, -0.1) is 0 Å². The molecule has 2 aromatic rings. The standard InChI is InChI=1S/C19H22N2O3/c1-15(22)21-14-16-8-10-17(11-9-16)19(23)20-12-5-13-24-18-6-3-2-4-7-18/h2-4,6-11H,5,12-14H2,1H3,(H,20,23)(H,21,22). The van der Waals surface area contributed by atoms with Gasteiger partial charge in [0.05, 0.1) is 6.61 Å². The highest BCUT2D eigenvalue weighted by Crippen LogP contribution is 2.08. The van der Waals surface area contributed by atoms with E-state index in [2.05, 4.69) is 10.6 Å². The molecule has 126 valence electrons. The minimum absolute atomic E-state index is 0.0745. The third-order valence-electron chi connectivity index (χ3n) is 3.38. The normalized spacial score (nSPS) is 10.0. The van der Waals surface area contributed by atoms with Crippen molar-refractivity contribution in [3.63, 3.8) is 0 Å². The van der Waals surface area contributed by atoms with Crippen LogP contribution in [0.15, 0.2) is 54.6 Å². The van der Waals surface area contributed by atoms with Crippen LogP contribution in [0, 0.1) is 0 Å². The van der Waals surface area contributed by atoms with E-state index in [1.54, 1.807) is 12.1 Å². The fourth-order valence-electron chi connectivity index (χ4n) is 2.08. The number of amides is 2. The molecule has 0 aliphatic carbocycles. The molecule has 0 spiro atoms. The van der Waals surface area contributed by atoms with Crippen LogP contribution in [0.25, 0.3) is 0 Å². The molecule has 0 radical (unpaired) electrons. The lowest BCUT2D eigenvalue weighted by Gasteiger charge is -2.08. The molecular weight excluding hydrogens is 304 g/mol. The highest BCUT2D eigenvalue weighted by molar-refractivity contribution is 5.94. The first-order chi connectivity index (χ1) is 11.6. The summed E-state index contributed by atoms with van der Waals surface area (Å²) in [5.74, 6) is 0.647. The van der Waals surface area contributed by atoms with Gasteiger partial charge in [0.15, 0.2) is 0 Å². The van der Waals surface area contributed by atoms with Gasteiger partial charge in [0.25, 0.3) is 5.91 Å². The number of hydrogen-bond donors (Lipinski definition) is 2. The Bertz CT molecular complexity index is 654. The zero-order chi connectivity index (χ0) is 17.2. The molecule has 0 unspecified atom stereocenters. The van der Waals surface area contributed by atoms with Crippen LogP contribution in [0.3, 0.4) is 0 Å². The average molecular weight is 326 g/mol. The number of benzene rings is 2. The Hall–Kier alpha value is -2.82. The van der Waals surface area contributed by atoms with E-state index >= 15 is 0 Å². The number of para-hydroxylation sites is 1. The topological polar surface area (TPSA) is 67.4 Å². The molecular formula is C19H22N2O3. The number of ether oxygens (including phenoxy) is 1. The number of hydrogen-bond acceptors (Lipinski definition) is 3. The van der Waals surface area contributed by atoms with E-state index in [4.69, 9.17) is 4.74 Å². The molecule has 2 rings (SSSR count). The van der Waals surface area contributed by atoms with Crippen molar-refractivity contribution in [2.45, 2.75) is 19.9 Å². The number of carbonyl (C=O) groups is 2. The predicted octanol–water partition coefficient (Wildman–Crippen LogP) is 2.52. The Labute approximate surface area is 142 Å². The Morgan fingerprint density at radius 2 is 1.67 bits per heavy atom. The second-order valence-electron chi connectivity index (χ2n) is 5.38. The average Bonchev–Trinajstić information content (AvgIpc) is 2.61. The first-order valence-corrected chi connectivity index (χ1v) is 7.94. The summed E-state index contributed by atoms with van der Waals surface area (Å²) >= 11 is 0. The molecule has 0 bridgehead atoms. The smallest absolute Gasteiger partial charge is 0.251 e. The predicted molar refractivity (Wildman–Crippen MR) is 92.8 cm³/mol. The van der Waals surface area contributed by atoms with Gasteiger partial charge in [0.2, 0.25) is 5.91 Å². The minimum atomic E-state index is -0.110. The highest BCUT2D eigenvalue weighted by Gasteiger charge is 2.05. The van der Waals surface area contributed by atoms with Gasteiger partial charge in [-0.25, -0.2) is 0 Å². The molecule has 2 N–H and O–H groups in total. The second-order valence-corrected chi connectivity index (χ2v) is 5.38. The maximum absolute atomic E-state index is 12.0. The zero-order valence-electron chi connectivity index (χ0n) is 13.7. The molecule has 0 saturated carbocycles. The van der Waals surface area contributed by atoms with E-state index < -0.39 is 0 Å². The monoisotopic (exact) mass is 326 g/mol. The first-order valence-electron chi connectivity index (χ1n) is 7.94. The molecule has 2 amide bonds. The Morgan fingerprint density at radius 3 is 2.33 bits per heavy atom. The third-order valence-corrected chi connectivity index (χ3v) is 3.38. The third kappa shape index (κ3) is 6.12. The number of nitrogens with one attached hydrogen (secondary N) is 2. The van der Waals surface area contributed by atoms with Gasteiger partial charge in [0.1, 0.15) is 5.75 Å². The summed E-state index contributed by atoms with van der Waals surface area (Å²) in [6, 6.07) is 16.8. The summed E-state index contributed by atoms with van der Waals surface area (Å²) in [5, 5.41) is 5.59. The van der Waals surface area contributed by atoms with Crippen LogP contribution in [0.4, 0.5) is 0 Å². The molecule has 0 aliphatic heterocycles. The van der Waals surface area contributed by atoms with Crippen LogP contribution < -0.4 is 15.4 Å². The Kier molecular flexibility index (Phi) is 6.83. The van der Waals surface area contributed by atoms with Crippen molar-refractivity contribution < 1.29 is 14.3 Å². The molecule has 0 aliphatic rings. The molecule has 24 heavy (non-hydrogen) atoms. The summed E-state index contributed by atoms with van der Waals surface area (Å²) in [5.41, 5.74) is 1.56. The first kappa shape index (κ1) is 17.5. The zero-order valence-corrected chi connectivity index (χ0v) is 13.7. The molecule has 5 nitrogen and oxygen atoms in total. The second kappa shape index (κ2) is 9.35. The highest BCUT2D eigenvalue weighted by atomic mass is 16.5. The van der Waals surface area contributed by atoms with Crippen LogP contribution in [0.5, 0.6) is 5.75 Å². The van der Waals surface area contributed by atoms with E-state index in [0.717, 1.165) is 17.7 Å². The van der Waals surface area contributed by atoms with Crippen molar-refractivity contribution in [1.82, 2.24) is 10.6 Å². The van der Waals surface area contributed by atoms with Gasteiger partial charge < -0.3 is 15.4 Å². The number of carbonyl (C=O) groups excluding carboxylic acids is 2. The van der Waals surface area contributed by atoms with Gasteiger partial charge >= 0.3 is 0 Å². The van der Waals surface area contributed by atoms with Gasteiger partial charge in [-0.3, -0.25) is 9.59 Å². The molecule has 0 saturated heterocycles. The molecule has 0 fully saturated rings. The molecule has 0 heterocycles. The Morgan fingerprint density at radius 1 is 0.958 bits per heavy atom.